The molecule has 104 valence electrons. The topological polar surface area (TPSA) is 45.2 Å². The normalized spacial score (nSPS) is 10.4. The first-order chi connectivity index (χ1) is 9.59. The van der Waals surface area contributed by atoms with E-state index in [1.807, 2.05) is 50.2 Å². The summed E-state index contributed by atoms with van der Waals surface area (Å²) in [5.41, 5.74) is 2.28. The zero-order valence-corrected chi connectivity index (χ0v) is 12.0. The summed E-state index contributed by atoms with van der Waals surface area (Å²) in [4.78, 5) is 18.3. The van der Waals surface area contributed by atoms with E-state index in [1.54, 1.807) is 24.3 Å². The Morgan fingerprint density at radius 2 is 1.95 bits per heavy atom. The number of rotatable bonds is 4. The summed E-state index contributed by atoms with van der Waals surface area (Å²) >= 11 is 0. The quantitative estimate of drug-likeness (QED) is 0.927. The summed E-state index contributed by atoms with van der Waals surface area (Å²) in [7, 11) is 1.76. The Balaban J connectivity index is 2.29. The van der Waals surface area contributed by atoms with Gasteiger partial charge in [0.2, 0.25) is 0 Å². The second kappa shape index (κ2) is 6.19. The van der Waals surface area contributed by atoms with E-state index >= 15 is 0 Å². The highest BCUT2D eigenvalue weighted by Gasteiger charge is 2.17. The summed E-state index contributed by atoms with van der Waals surface area (Å²) < 4.78 is 0. The van der Waals surface area contributed by atoms with E-state index in [0.717, 1.165) is 11.4 Å². The van der Waals surface area contributed by atoms with Gasteiger partial charge in [0.15, 0.2) is 0 Å². The minimum Gasteiger partial charge on any atom is -0.382 e. The third-order valence-corrected chi connectivity index (χ3v) is 2.94. The Kier molecular flexibility index (Phi) is 4.35. The van der Waals surface area contributed by atoms with Crippen LogP contribution < -0.4 is 10.2 Å². The molecule has 0 bridgehead atoms. The lowest BCUT2D eigenvalue weighted by atomic mass is 10.1. The maximum atomic E-state index is 12.6. The lowest BCUT2D eigenvalue weighted by molar-refractivity contribution is 0.0993. The number of benzene rings is 1. The lowest BCUT2D eigenvalue weighted by Crippen LogP contribution is -2.27. The summed E-state index contributed by atoms with van der Waals surface area (Å²) in [5.74, 6) is -0.0539. The van der Waals surface area contributed by atoms with Crippen LogP contribution in [0.15, 0.2) is 48.8 Å². The number of carbonyl (C=O) groups excluding carboxylic acids is 1. The number of amides is 1. The van der Waals surface area contributed by atoms with Gasteiger partial charge in [-0.15, -0.1) is 0 Å². The maximum absolute atomic E-state index is 12.6. The zero-order valence-electron chi connectivity index (χ0n) is 12.0. The van der Waals surface area contributed by atoms with Crippen molar-refractivity contribution in [3.05, 3.63) is 54.4 Å². The number of hydrogen-bond acceptors (Lipinski definition) is 3. The van der Waals surface area contributed by atoms with Crippen LogP contribution in [-0.2, 0) is 0 Å². The lowest BCUT2D eigenvalue weighted by Gasteiger charge is -2.20. The second-order valence-corrected chi connectivity index (χ2v) is 4.92. The molecule has 0 saturated heterocycles. The fourth-order valence-electron chi connectivity index (χ4n) is 1.96. The molecule has 1 N–H and O–H groups in total. The van der Waals surface area contributed by atoms with Crippen molar-refractivity contribution in [3.8, 4) is 0 Å². The van der Waals surface area contributed by atoms with Crippen molar-refractivity contribution in [1.29, 1.82) is 0 Å². The Morgan fingerprint density at radius 1 is 1.20 bits per heavy atom. The van der Waals surface area contributed by atoms with Gasteiger partial charge in [-0.25, -0.2) is 0 Å². The second-order valence-electron chi connectivity index (χ2n) is 4.92. The fourth-order valence-corrected chi connectivity index (χ4v) is 1.96. The molecule has 0 saturated carbocycles. The van der Waals surface area contributed by atoms with Crippen molar-refractivity contribution in [2.24, 2.45) is 0 Å². The summed E-state index contributed by atoms with van der Waals surface area (Å²) in [5, 5.41) is 3.30. The SMILES string of the molecule is CC(C)Nc1ccccc1C(=O)N(C)c1cccnc1. The molecular weight excluding hydrogens is 250 g/mol. The van der Waals surface area contributed by atoms with E-state index in [2.05, 4.69) is 10.3 Å². The highest BCUT2D eigenvalue weighted by molar-refractivity contribution is 6.09. The van der Waals surface area contributed by atoms with Crippen molar-refractivity contribution in [3.63, 3.8) is 0 Å². The Hall–Kier alpha value is -2.36. The van der Waals surface area contributed by atoms with E-state index in [-0.39, 0.29) is 11.9 Å². The molecule has 0 fully saturated rings. The predicted octanol–water partition coefficient (Wildman–Crippen LogP) is 3.18. The van der Waals surface area contributed by atoms with Crippen molar-refractivity contribution in [1.82, 2.24) is 4.98 Å². The molecule has 1 aromatic heterocycles. The van der Waals surface area contributed by atoms with Gasteiger partial charge in [-0.05, 0) is 38.1 Å². The molecule has 20 heavy (non-hydrogen) atoms. The number of para-hydroxylation sites is 1. The number of pyridine rings is 1. The Morgan fingerprint density at radius 3 is 2.60 bits per heavy atom. The highest BCUT2D eigenvalue weighted by Crippen LogP contribution is 2.20. The first kappa shape index (κ1) is 14.1. The van der Waals surface area contributed by atoms with Crippen LogP contribution in [0.4, 0.5) is 11.4 Å². The van der Waals surface area contributed by atoms with Gasteiger partial charge in [0.1, 0.15) is 0 Å². The fraction of sp³-hybridized carbons (Fsp3) is 0.250. The van der Waals surface area contributed by atoms with Crippen molar-refractivity contribution < 1.29 is 4.79 Å². The average Bonchev–Trinajstić information content (AvgIpc) is 2.46. The van der Waals surface area contributed by atoms with Gasteiger partial charge in [0.05, 0.1) is 17.4 Å². The van der Waals surface area contributed by atoms with E-state index in [1.165, 1.54) is 0 Å². The van der Waals surface area contributed by atoms with Gasteiger partial charge < -0.3 is 10.2 Å². The molecule has 1 amide bonds. The molecular formula is C16H19N3O. The number of carbonyl (C=O) groups is 1. The minimum absolute atomic E-state index is 0.0539. The van der Waals surface area contributed by atoms with Crippen LogP contribution in [0.25, 0.3) is 0 Å². The molecule has 1 heterocycles. The Labute approximate surface area is 119 Å². The van der Waals surface area contributed by atoms with Gasteiger partial charge in [-0.1, -0.05) is 12.1 Å². The van der Waals surface area contributed by atoms with Gasteiger partial charge in [0, 0.05) is 25.0 Å². The van der Waals surface area contributed by atoms with E-state index in [9.17, 15) is 4.79 Å². The molecule has 0 atom stereocenters. The average molecular weight is 269 g/mol. The standard InChI is InChI=1S/C16H19N3O/c1-12(2)18-15-9-5-4-8-14(15)16(20)19(3)13-7-6-10-17-11-13/h4-12,18H,1-3H3. The van der Waals surface area contributed by atoms with Crippen molar-refractivity contribution in [2.45, 2.75) is 19.9 Å². The summed E-state index contributed by atoms with van der Waals surface area (Å²) in [6, 6.07) is 11.5. The van der Waals surface area contributed by atoms with Gasteiger partial charge in [0.25, 0.3) is 5.91 Å². The first-order valence-electron chi connectivity index (χ1n) is 6.63. The van der Waals surface area contributed by atoms with Crippen LogP contribution in [0.2, 0.25) is 0 Å². The van der Waals surface area contributed by atoms with Gasteiger partial charge >= 0.3 is 0 Å². The summed E-state index contributed by atoms with van der Waals surface area (Å²) in [6.07, 6.45) is 3.37. The third kappa shape index (κ3) is 3.15. The smallest absolute Gasteiger partial charge is 0.260 e. The molecule has 2 rings (SSSR count). The number of nitrogens with zero attached hydrogens (tertiary/aromatic N) is 2. The van der Waals surface area contributed by atoms with E-state index in [0.29, 0.717) is 5.56 Å². The summed E-state index contributed by atoms with van der Waals surface area (Å²) in [6.45, 7) is 4.10. The molecule has 4 nitrogen and oxygen atoms in total. The highest BCUT2D eigenvalue weighted by atomic mass is 16.2. The van der Waals surface area contributed by atoms with Crippen LogP contribution in [0.5, 0.6) is 0 Å². The van der Waals surface area contributed by atoms with E-state index < -0.39 is 0 Å². The van der Waals surface area contributed by atoms with Gasteiger partial charge in [-0.3, -0.25) is 9.78 Å². The zero-order chi connectivity index (χ0) is 14.5. The molecule has 0 aliphatic rings. The van der Waals surface area contributed by atoms with Crippen LogP contribution >= 0.6 is 0 Å². The molecule has 0 spiro atoms. The minimum atomic E-state index is -0.0539. The first-order valence-corrected chi connectivity index (χ1v) is 6.63. The third-order valence-electron chi connectivity index (χ3n) is 2.94. The van der Waals surface area contributed by atoms with Gasteiger partial charge in [-0.2, -0.15) is 0 Å². The molecule has 2 aromatic rings. The van der Waals surface area contributed by atoms with Crippen LogP contribution in [0.3, 0.4) is 0 Å². The predicted molar refractivity (Wildman–Crippen MR) is 82.2 cm³/mol. The van der Waals surface area contributed by atoms with Crippen LogP contribution in [-0.4, -0.2) is 24.0 Å². The monoisotopic (exact) mass is 269 g/mol. The number of aromatic nitrogens is 1. The Bertz CT molecular complexity index is 581. The molecule has 0 aliphatic carbocycles. The molecule has 0 unspecified atom stereocenters. The van der Waals surface area contributed by atoms with Crippen LogP contribution in [0.1, 0.15) is 24.2 Å². The van der Waals surface area contributed by atoms with Crippen molar-refractivity contribution >= 4 is 17.3 Å². The molecule has 4 heteroatoms. The molecule has 0 aliphatic heterocycles. The number of hydrogen-bond donors (Lipinski definition) is 1. The molecule has 0 radical (unpaired) electrons. The number of anilines is 2. The van der Waals surface area contributed by atoms with E-state index in [4.69, 9.17) is 0 Å². The largest absolute Gasteiger partial charge is 0.382 e. The maximum Gasteiger partial charge on any atom is 0.260 e. The van der Waals surface area contributed by atoms with Crippen LogP contribution in [0, 0.1) is 0 Å². The van der Waals surface area contributed by atoms with Crippen molar-refractivity contribution in [2.75, 3.05) is 17.3 Å². The number of nitrogens with one attached hydrogen (secondary N) is 1. The molecule has 1 aromatic carbocycles.